The van der Waals surface area contributed by atoms with Crippen LogP contribution in [0.15, 0.2) is 23.7 Å². The summed E-state index contributed by atoms with van der Waals surface area (Å²) in [5.41, 5.74) is 7.02. The molecule has 0 bridgehead atoms. The van der Waals surface area contributed by atoms with Crippen molar-refractivity contribution in [2.24, 2.45) is 0 Å². The number of rotatable bonds is 6. The van der Waals surface area contributed by atoms with Crippen molar-refractivity contribution in [3.05, 3.63) is 45.4 Å². The number of benzene rings is 1. The van der Waals surface area contributed by atoms with Gasteiger partial charge in [-0.15, -0.1) is 11.3 Å². The first-order chi connectivity index (χ1) is 9.97. The van der Waals surface area contributed by atoms with Gasteiger partial charge < -0.3 is 10.2 Å². The zero-order chi connectivity index (χ0) is 15.4. The van der Waals surface area contributed by atoms with Gasteiger partial charge in [0.2, 0.25) is 0 Å². The highest BCUT2D eigenvalue weighted by Crippen LogP contribution is 2.24. The van der Waals surface area contributed by atoms with Gasteiger partial charge in [-0.3, -0.25) is 0 Å². The molecule has 0 fully saturated rings. The summed E-state index contributed by atoms with van der Waals surface area (Å²) in [6.07, 6.45) is 0. The summed E-state index contributed by atoms with van der Waals surface area (Å²) in [5.74, 6) is 0. The molecule has 4 heteroatoms. The van der Waals surface area contributed by atoms with Crippen molar-refractivity contribution < 1.29 is 0 Å². The molecule has 0 saturated heterocycles. The molecule has 0 atom stereocenters. The van der Waals surface area contributed by atoms with Gasteiger partial charge in [0.05, 0.1) is 17.7 Å². The second-order valence-corrected chi connectivity index (χ2v) is 6.82. The minimum absolute atomic E-state index is 0.493. The minimum atomic E-state index is 0.493. The van der Waals surface area contributed by atoms with Crippen LogP contribution in [0, 0.1) is 13.8 Å². The summed E-state index contributed by atoms with van der Waals surface area (Å²) in [4.78, 5) is 7.99. The van der Waals surface area contributed by atoms with Crippen LogP contribution in [0.4, 0.5) is 5.69 Å². The van der Waals surface area contributed by atoms with Crippen molar-refractivity contribution in [3.8, 4) is 0 Å². The lowest BCUT2D eigenvalue weighted by atomic mass is 10.1. The number of hydrogen-bond donors (Lipinski definition) is 1. The van der Waals surface area contributed by atoms with Gasteiger partial charge in [-0.2, -0.15) is 0 Å². The molecule has 1 heterocycles. The monoisotopic (exact) mass is 303 g/mol. The largest absolute Gasteiger partial charge is 0.369 e. The van der Waals surface area contributed by atoms with Crippen LogP contribution in [0.3, 0.4) is 0 Å². The van der Waals surface area contributed by atoms with Crippen LogP contribution >= 0.6 is 11.3 Å². The maximum absolute atomic E-state index is 4.34. The summed E-state index contributed by atoms with van der Waals surface area (Å²) < 4.78 is 0. The van der Waals surface area contributed by atoms with Gasteiger partial charge in [-0.05, 0) is 25.5 Å². The van der Waals surface area contributed by atoms with E-state index >= 15 is 0 Å². The predicted octanol–water partition coefficient (Wildman–Crippen LogP) is 3.89. The second-order valence-electron chi connectivity index (χ2n) is 5.88. The van der Waals surface area contributed by atoms with E-state index in [0.29, 0.717) is 6.04 Å². The number of aryl methyl sites for hydroxylation is 2. The number of aromatic nitrogens is 1. The lowest BCUT2D eigenvalue weighted by molar-refractivity contribution is 0.588. The molecule has 1 N–H and O–H groups in total. The SMILES string of the molecule is Cc1ccc(N(C)Cc2scnc2C)c(CNC(C)C)c1. The van der Waals surface area contributed by atoms with Gasteiger partial charge >= 0.3 is 0 Å². The zero-order valence-electron chi connectivity index (χ0n) is 13.6. The lowest BCUT2D eigenvalue weighted by Gasteiger charge is -2.23. The molecular formula is C17H25N3S. The molecule has 114 valence electrons. The zero-order valence-corrected chi connectivity index (χ0v) is 14.4. The van der Waals surface area contributed by atoms with Crippen molar-refractivity contribution >= 4 is 17.0 Å². The fraction of sp³-hybridized carbons (Fsp3) is 0.471. The van der Waals surface area contributed by atoms with E-state index < -0.39 is 0 Å². The molecule has 3 nitrogen and oxygen atoms in total. The highest BCUT2D eigenvalue weighted by molar-refractivity contribution is 7.09. The normalized spacial score (nSPS) is 11.1. The van der Waals surface area contributed by atoms with E-state index in [1.165, 1.54) is 21.7 Å². The van der Waals surface area contributed by atoms with E-state index in [1.807, 2.05) is 5.51 Å². The average molecular weight is 303 g/mol. The average Bonchev–Trinajstić information content (AvgIpc) is 2.82. The van der Waals surface area contributed by atoms with Gasteiger partial charge in [-0.1, -0.05) is 31.5 Å². The lowest BCUT2D eigenvalue weighted by Crippen LogP contribution is -2.24. The van der Waals surface area contributed by atoms with Crippen molar-refractivity contribution in [2.75, 3.05) is 11.9 Å². The van der Waals surface area contributed by atoms with E-state index in [1.54, 1.807) is 11.3 Å². The molecule has 0 amide bonds. The van der Waals surface area contributed by atoms with E-state index in [2.05, 4.69) is 68.1 Å². The van der Waals surface area contributed by atoms with Crippen LogP contribution in [0.25, 0.3) is 0 Å². The smallest absolute Gasteiger partial charge is 0.0798 e. The Kier molecular flexibility index (Phi) is 5.37. The van der Waals surface area contributed by atoms with E-state index in [4.69, 9.17) is 0 Å². The third-order valence-corrected chi connectivity index (χ3v) is 4.49. The van der Waals surface area contributed by atoms with Crippen molar-refractivity contribution in [1.29, 1.82) is 0 Å². The molecule has 21 heavy (non-hydrogen) atoms. The van der Waals surface area contributed by atoms with E-state index in [9.17, 15) is 0 Å². The minimum Gasteiger partial charge on any atom is -0.369 e. The molecule has 0 aliphatic heterocycles. The molecular weight excluding hydrogens is 278 g/mol. The van der Waals surface area contributed by atoms with Gasteiger partial charge in [0.25, 0.3) is 0 Å². The number of hydrogen-bond acceptors (Lipinski definition) is 4. The van der Waals surface area contributed by atoms with E-state index in [-0.39, 0.29) is 0 Å². The van der Waals surface area contributed by atoms with Gasteiger partial charge in [-0.25, -0.2) is 4.98 Å². The number of thiazole rings is 1. The van der Waals surface area contributed by atoms with Crippen LogP contribution < -0.4 is 10.2 Å². The molecule has 0 radical (unpaired) electrons. The van der Waals surface area contributed by atoms with Gasteiger partial charge in [0, 0.05) is 30.2 Å². The fourth-order valence-corrected chi connectivity index (χ4v) is 3.15. The number of anilines is 1. The Bertz CT molecular complexity index is 589. The highest BCUT2D eigenvalue weighted by Gasteiger charge is 2.11. The molecule has 0 saturated carbocycles. The third-order valence-electron chi connectivity index (χ3n) is 3.57. The highest BCUT2D eigenvalue weighted by atomic mass is 32.1. The Morgan fingerprint density at radius 1 is 1.29 bits per heavy atom. The predicted molar refractivity (Wildman–Crippen MR) is 92.1 cm³/mol. The molecule has 0 spiro atoms. The van der Waals surface area contributed by atoms with E-state index in [0.717, 1.165) is 18.8 Å². The second kappa shape index (κ2) is 7.05. The Morgan fingerprint density at radius 3 is 2.67 bits per heavy atom. The Morgan fingerprint density at radius 2 is 2.05 bits per heavy atom. The first-order valence-electron chi connectivity index (χ1n) is 7.40. The first-order valence-corrected chi connectivity index (χ1v) is 8.28. The van der Waals surface area contributed by atoms with Crippen LogP contribution in [0.2, 0.25) is 0 Å². The van der Waals surface area contributed by atoms with Crippen LogP contribution in [-0.4, -0.2) is 18.1 Å². The molecule has 0 unspecified atom stereocenters. The molecule has 1 aromatic heterocycles. The Balaban J connectivity index is 2.19. The maximum atomic E-state index is 4.34. The molecule has 0 aliphatic carbocycles. The van der Waals surface area contributed by atoms with Crippen LogP contribution in [0.5, 0.6) is 0 Å². The maximum Gasteiger partial charge on any atom is 0.0798 e. The molecule has 0 aliphatic rings. The molecule has 1 aromatic carbocycles. The van der Waals surface area contributed by atoms with Crippen LogP contribution in [-0.2, 0) is 13.1 Å². The quantitative estimate of drug-likeness (QED) is 0.877. The Labute approximate surface area is 132 Å². The van der Waals surface area contributed by atoms with Crippen molar-refractivity contribution in [2.45, 2.75) is 46.8 Å². The molecule has 2 aromatic rings. The third kappa shape index (κ3) is 4.29. The summed E-state index contributed by atoms with van der Waals surface area (Å²) >= 11 is 1.73. The van der Waals surface area contributed by atoms with Gasteiger partial charge in [0.1, 0.15) is 0 Å². The first kappa shape index (κ1) is 16.0. The number of nitrogens with zero attached hydrogens (tertiary/aromatic N) is 2. The summed E-state index contributed by atoms with van der Waals surface area (Å²) in [5, 5.41) is 3.52. The van der Waals surface area contributed by atoms with Crippen molar-refractivity contribution in [3.63, 3.8) is 0 Å². The van der Waals surface area contributed by atoms with Gasteiger partial charge in [0.15, 0.2) is 0 Å². The standard InChI is InChI=1S/C17H25N3S/c1-12(2)18-9-15-8-13(3)6-7-16(15)20(5)10-17-14(4)19-11-21-17/h6-8,11-12,18H,9-10H2,1-5H3. The molecule has 2 rings (SSSR count). The Hall–Kier alpha value is -1.39. The topological polar surface area (TPSA) is 28.2 Å². The number of nitrogens with one attached hydrogen (secondary N) is 1. The summed E-state index contributed by atoms with van der Waals surface area (Å²) in [6.45, 7) is 10.4. The fourth-order valence-electron chi connectivity index (χ4n) is 2.32. The van der Waals surface area contributed by atoms with Crippen molar-refractivity contribution in [1.82, 2.24) is 10.3 Å². The van der Waals surface area contributed by atoms with Crippen LogP contribution in [0.1, 0.15) is 35.5 Å². The summed E-state index contributed by atoms with van der Waals surface area (Å²) in [7, 11) is 2.16. The summed E-state index contributed by atoms with van der Waals surface area (Å²) in [6, 6.07) is 7.18.